The Hall–Kier alpha value is -1.13. The fraction of sp³-hybridized carbons (Fsp3) is 0.462. The van der Waals surface area contributed by atoms with Crippen molar-refractivity contribution in [2.24, 2.45) is 0 Å². The minimum absolute atomic E-state index is 0. The molecule has 0 aliphatic carbocycles. The summed E-state index contributed by atoms with van der Waals surface area (Å²) in [6.07, 6.45) is 1.80. The van der Waals surface area contributed by atoms with E-state index >= 15 is 0 Å². The van der Waals surface area contributed by atoms with E-state index in [9.17, 15) is 9.18 Å². The molecular weight excluding hydrogens is 255 g/mol. The second-order valence-corrected chi connectivity index (χ2v) is 4.48. The van der Waals surface area contributed by atoms with Gasteiger partial charge in [-0.3, -0.25) is 4.79 Å². The number of carbonyl (C=O) groups excluding carboxylic acids is 1. The molecule has 1 amide bonds. The van der Waals surface area contributed by atoms with E-state index in [0.29, 0.717) is 0 Å². The SMILES string of the molecule is Cc1ccc(F)c(C(=O)NC2CCNCC2)c1.Cl. The van der Waals surface area contributed by atoms with Gasteiger partial charge in [-0.05, 0) is 45.0 Å². The number of hydrogen-bond donors (Lipinski definition) is 2. The molecule has 1 aliphatic rings. The summed E-state index contributed by atoms with van der Waals surface area (Å²) in [7, 11) is 0. The lowest BCUT2D eigenvalue weighted by molar-refractivity contribution is 0.0925. The summed E-state index contributed by atoms with van der Waals surface area (Å²) < 4.78 is 13.5. The topological polar surface area (TPSA) is 41.1 Å². The average molecular weight is 273 g/mol. The molecule has 1 aromatic carbocycles. The van der Waals surface area contributed by atoms with Gasteiger partial charge in [-0.2, -0.15) is 0 Å². The van der Waals surface area contributed by atoms with Gasteiger partial charge in [-0.1, -0.05) is 11.6 Å². The summed E-state index contributed by atoms with van der Waals surface area (Å²) in [5.74, 6) is -0.764. The Morgan fingerprint density at radius 1 is 1.39 bits per heavy atom. The third kappa shape index (κ3) is 3.68. The lowest BCUT2D eigenvalue weighted by Crippen LogP contribution is -2.42. The summed E-state index contributed by atoms with van der Waals surface area (Å²) in [5, 5.41) is 6.11. The van der Waals surface area contributed by atoms with Crippen LogP contribution in [-0.4, -0.2) is 25.0 Å². The molecule has 0 saturated carbocycles. The number of halogens is 2. The fourth-order valence-electron chi connectivity index (χ4n) is 2.04. The van der Waals surface area contributed by atoms with Crippen LogP contribution < -0.4 is 10.6 Å². The van der Waals surface area contributed by atoms with Gasteiger partial charge >= 0.3 is 0 Å². The van der Waals surface area contributed by atoms with Gasteiger partial charge < -0.3 is 10.6 Å². The lowest BCUT2D eigenvalue weighted by Gasteiger charge is -2.23. The van der Waals surface area contributed by atoms with Crippen LogP contribution in [0.5, 0.6) is 0 Å². The van der Waals surface area contributed by atoms with E-state index in [4.69, 9.17) is 0 Å². The maximum atomic E-state index is 13.5. The summed E-state index contributed by atoms with van der Waals surface area (Å²) in [6.45, 7) is 3.66. The molecule has 1 aromatic rings. The fourth-order valence-corrected chi connectivity index (χ4v) is 2.04. The van der Waals surface area contributed by atoms with Crippen molar-refractivity contribution < 1.29 is 9.18 Å². The van der Waals surface area contributed by atoms with Crippen LogP contribution in [0.3, 0.4) is 0 Å². The summed E-state index contributed by atoms with van der Waals surface area (Å²) >= 11 is 0. The van der Waals surface area contributed by atoms with Crippen molar-refractivity contribution in [3.05, 3.63) is 35.1 Å². The minimum atomic E-state index is -0.456. The van der Waals surface area contributed by atoms with Crippen LogP contribution >= 0.6 is 12.4 Å². The molecular formula is C13H18ClFN2O. The van der Waals surface area contributed by atoms with Crippen molar-refractivity contribution in [1.29, 1.82) is 0 Å². The number of carbonyl (C=O) groups is 1. The zero-order valence-corrected chi connectivity index (χ0v) is 11.1. The second-order valence-electron chi connectivity index (χ2n) is 4.48. The van der Waals surface area contributed by atoms with Crippen molar-refractivity contribution in [2.45, 2.75) is 25.8 Å². The monoisotopic (exact) mass is 272 g/mol. The molecule has 100 valence electrons. The number of nitrogens with one attached hydrogen (secondary N) is 2. The largest absolute Gasteiger partial charge is 0.349 e. The maximum absolute atomic E-state index is 13.5. The Balaban J connectivity index is 0.00000162. The molecule has 1 fully saturated rings. The van der Waals surface area contributed by atoms with Crippen molar-refractivity contribution in [2.75, 3.05) is 13.1 Å². The van der Waals surface area contributed by atoms with E-state index in [1.165, 1.54) is 6.07 Å². The van der Waals surface area contributed by atoms with Gasteiger partial charge in [-0.15, -0.1) is 12.4 Å². The van der Waals surface area contributed by atoms with E-state index in [1.807, 2.05) is 6.92 Å². The van der Waals surface area contributed by atoms with E-state index < -0.39 is 5.82 Å². The molecule has 2 N–H and O–H groups in total. The number of benzene rings is 1. The summed E-state index contributed by atoms with van der Waals surface area (Å²) in [4.78, 5) is 11.9. The molecule has 0 unspecified atom stereocenters. The zero-order valence-electron chi connectivity index (χ0n) is 10.3. The summed E-state index contributed by atoms with van der Waals surface area (Å²) in [6, 6.07) is 4.75. The normalized spacial score (nSPS) is 15.9. The van der Waals surface area contributed by atoms with Crippen molar-refractivity contribution in [3.8, 4) is 0 Å². The first-order valence-corrected chi connectivity index (χ1v) is 5.94. The highest BCUT2D eigenvalue weighted by Gasteiger charge is 2.18. The van der Waals surface area contributed by atoms with Crippen molar-refractivity contribution in [1.82, 2.24) is 10.6 Å². The van der Waals surface area contributed by atoms with Crippen molar-refractivity contribution >= 4 is 18.3 Å². The van der Waals surface area contributed by atoms with Crippen LogP contribution in [0.2, 0.25) is 0 Å². The average Bonchev–Trinajstić information content (AvgIpc) is 2.33. The minimum Gasteiger partial charge on any atom is -0.349 e. The second kappa shape index (κ2) is 6.71. The van der Waals surface area contributed by atoms with E-state index in [0.717, 1.165) is 31.5 Å². The predicted octanol–water partition coefficient (Wildman–Crippen LogP) is 2.04. The van der Waals surface area contributed by atoms with Crippen LogP contribution in [0.25, 0.3) is 0 Å². The molecule has 0 spiro atoms. The smallest absolute Gasteiger partial charge is 0.254 e. The molecule has 0 aromatic heterocycles. The first kappa shape index (κ1) is 14.9. The highest BCUT2D eigenvalue weighted by molar-refractivity contribution is 5.94. The number of amides is 1. The van der Waals surface area contributed by atoms with Gasteiger partial charge in [0.05, 0.1) is 5.56 Å². The molecule has 0 radical (unpaired) electrons. The lowest BCUT2D eigenvalue weighted by atomic mass is 10.1. The quantitative estimate of drug-likeness (QED) is 0.865. The van der Waals surface area contributed by atoms with Gasteiger partial charge in [0.15, 0.2) is 0 Å². The summed E-state index contributed by atoms with van der Waals surface area (Å²) in [5.41, 5.74) is 1.03. The van der Waals surface area contributed by atoms with Crippen LogP contribution in [0, 0.1) is 12.7 Å². The highest BCUT2D eigenvalue weighted by atomic mass is 35.5. The standard InChI is InChI=1S/C13H17FN2O.ClH/c1-9-2-3-12(14)11(8-9)13(17)16-10-4-6-15-7-5-10;/h2-3,8,10,15H,4-7H2,1H3,(H,16,17);1H. The van der Waals surface area contributed by atoms with E-state index in [2.05, 4.69) is 10.6 Å². The van der Waals surface area contributed by atoms with Crippen LogP contribution in [-0.2, 0) is 0 Å². The number of piperidine rings is 1. The zero-order chi connectivity index (χ0) is 12.3. The number of aryl methyl sites for hydroxylation is 1. The van der Waals surface area contributed by atoms with Gasteiger partial charge in [-0.25, -0.2) is 4.39 Å². The van der Waals surface area contributed by atoms with E-state index in [-0.39, 0.29) is 29.9 Å². The number of hydrogen-bond acceptors (Lipinski definition) is 2. The van der Waals surface area contributed by atoms with Crippen LogP contribution in [0.15, 0.2) is 18.2 Å². The van der Waals surface area contributed by atoms with Gasteiger partial charge in [0, 0.05) is 6.04 Å². The Morgan fingerprint density at radius 3 is 2.72 bits per heavy atom. The Bertz CT molecular complexity index is 419. The molecule has 0 atom stereocenters. The van der Waals surface area contributed by atoms with Crippen molar-refractivity contribution in [3.63, 3.8) is 0 Å². The van der Waals surface area contributed by atoms with E-state index in [1.54, 1.807) is 12.1 Å². The highest BCUT2D eigenvalue weighted by Crippen LogP contribution is 2.11. The molecule has 1 aliphatic heterocycles. The van der Waals surface area contributed by atoms with Crippen LogP contribution in [0.1, 0.15) is 28.8 Å². The maximum Gasteiger partial charge on any atom is 0.254 e. The van der Waals surface area contributed by atoms with Gasteiger partial charge in [0.2, 0.25) is 0 Å². The molecule has 5 heteroatoms. The molecule has 2 rings (SSSR count). The third-order valence-electron chi connectivity index (χ3n) is 3.04. The Kier molecular flexibility index (Phi) is 5.56. The Morgan fingerprint density at radius 2 is 2.06 bits per heavy atom. The first-order chi connectivity index (χ1) is 8.16. The van der Waals surface area contributed by atoms with Gasteiger partial charge in [0.25, 0.3) is 5.91 Å². The van der Waals surface area contributed by atoms with Crippen LogP contribution in [0.4, 0.5) is 4.39 Å². The Labute approximate surface area is 113 Å². The first-order valence-electron chi connectivity index (χ1n) is 5.94. The molecule has 18 heavy (non-hydrogen) atoms. The molecule has 0 bridgehead atoms. The molecule has 1 saturated heterocycles. The molecule has 3 nitrogen and oxygen atoms in total. The number of rotatable bonds is 2. The predicted molar refractivity (Wildman–Crippen MR) is 71.7 cm³/mol. The van der Waals surface area contributed by atoms with Gasteiger partial charge in [0.1, 0.15) is 5.82 Å². The third-order valence-corrected chi connectivity index (χ3v) is 3.04. The molecule has 1 heterocycles.